The number of carbonyl (C=O) groups excluding carboxylic acids is 1. The Morgan fingerprint density at radius 2 is 2.24 bits per heavy atom. The molecule has 2 heterocycles. The van der Waals surface area contributed by atoms with Crippen LogP contribution in [0, 0.1) is 0 Å². The fourth-order valence-electron chi connectivity index (χ4n) is 2.02. The Kier molecular flexibility index (Phi) is 3.83. The molecule has 1 aliphatic rings. The number of aromatic nitrogens is 1. The van der Waals surface area contributed by atoms with E-state index in [1.165, 1.54) is 18.0 Å². The van der Waals surface area contributed by atoms with Crippen molar-refractivity contribution in [1.82, 2.24) is 9.27 Å². The Morgan fingerprint density at radius 3 is 2.82 bits per heavy atom. The van der Waals surface area contributed by atoms with Crippen LogP contribution in [0.2, 0.25) is 0 Å². The van der Waals surface area contributed by atoms with Crippen LogP contribution in [0.1, 0.15) is 26.2 Å². The van der Waals surface area contributed by atoms with E-state index in [0.717, 1.165) is 30.9 Å². The van der Waals surface area contributed by atoms with Crippen LogP contribution in [0.5, 0.6) is 0 Å². The van der Waals surface area contributed by atoms with Gasteiger partial charge in [-0.05, 0) is 37.7 Å². The standard InChI is InChI=1S/C11H18N4OS/c1-8(13-10-7-9(12)14-17-10)11(16)15-5-3-2-4-6-15/h7-8,13H,2-6H2,1H3,(H2,12,14). The fourth-order valence-corrected chi connectivity index (χ4v) is 2.68. The largest absolute Gasteiger partial charge is 0.383 e. The molecule has 1 aliphatic heterocycles. The molecule has 0 spiro atoms. The Balaban J connectivity index is 1.90. The van der Waals surface area contributed by atoms with Gasteiger partial charge in [-0.1, -0.05) is 0 Å². The van der Waals surface area contributed by atoms with Gasteiger partial charge in [0.1, 0.15) is 16.9 Å². The van der Waals surface area contributed by atoms with Gasteiger partial charge < -0.3 is 16.0 Å². The van der Waals surface area contributed by atoms with E-state index in [4.69, 9.17) is 5.73 Å². The number of nitrogens with zero attached hydrogens (tertiary/aromatic N) is 2. The van der Waals surface area contributed by atoms with E-state index >= 15 is 0 Å². The number of hydrogen-bond donors (Lipinski definition) is 2. The molecule has 17 heavy (non-hydrogen) atoms. The summed E-state index contributed by atoms with van der Waals surface area (Å²) < 4.78 is 3.97. The molecule has 0 aliphatic carbocycles. The summed E-state index contributed by atoms with van der Waals surface area (Å²) in [6.45, 7) is 3.65. The average Bonchev–Trinajstić information content (AvgIpc) is 2.75. The predicted octanol–water partition coefficient (Wildman–Crippen LogP) is 1.54. The van der Waals surface area contributed by atoms with Crippen molar-refractivity contribution < 1.29 is 4.79 Å². The number of likely N-dealkylation sites (tertiary alicyclic amines) is 1. The highest BCUT2D eigenvalue weighted by Gasteiger charge is 2.22. The molecule has 0 saturated carbocycles. The predicted molar refractivity (Wildman–Crippen MR) is 70.0 cm³/mol. The van der Waals surface area contributed by atoms with E-state index < -0.39 is 0 Å². The first-order valence-corrected chi connectivity index (χ1v) is 6.71. The number of nitrogens with one attached hydrogen (secondary N) is 1. The van der Waals surface area contributed by atoms with Gasteiger partial charge in [0.15, 0.2) is 0 Å². The van der Waals surface area contributed by atoms with Gasteiger partial charge in [-0.2, -0.15) is 4.37 Å². The maximum atomic E-state index is 12.1. The highest BCUT2D eigenvalue weighted by Crippen LogP contribution is 2.19. The molecule has 0 bridgehead atoms. The van der Waals surface area contributed by atoms with Gasteiger partial charge in [0.2, 0.25) is 5.91 Å². The monoisotopic (exact) mass is 254 g/mol. The normalized spacial score (nSPS) is 17.8. The number of amides is 1. The molecule has 2 rings (SSSR count). The second kappa shape index (κ2) is 5.35. The van der Waals surface area contributed by atoms with E-state index in [-0.39, 0.29) is 11.9 Å². The van der Waals surface area contributed by atoms with Crippen molar-refractivity contribution in [3.8, 4) is 0 Å². The zero-order chi connectivity index (χ0) is 12.3. The number of rotatable bonds is 3. The van der Waals surface area contributed by atoms with Gasteiger partial charge in [0.25, 0.3) is 0 Å². The van der Waals surface area contributed by atoms with Gasteiger partial charge in [-0.3, -0.25) is 4.79 Å². The third-order valence-electron chi connectivity index (χ3n) is 2.93. The van der Waals surface area contributed by atoms with Gasteiger partial charge in [-0.15, -0.1) is 0 Å². The van der Waals surface area contributed by atoms with E-state index in [0.29, 0.717) is 5.82 Å². The SMILES string of the molecule is CC(Nc1cc(N)ns1)C(=O)N1CCCCC1. The average molecular weight is 254 g/mol. The molecule has 1 amide bonds. The molecular weight excluding hydrogens is 236 g/mol. The first-order valence-electron chi connectivity index (χ1n) is 5.94. The molecule has 94 valence electrons. The number of piperidine rings is 1. The first kappa shape index (κ1) is 12.2. The minimum Gasteiger partial charge on any atom is -0.383 e. The van der Waals surface area contributed by atoms with Crippen LogP contribution in [0.25, 0.3) is 0 Å². The topological polar surface area (TPSA) is 71.2 Å². The second-order valence-electron chi connectivity index (χ2n) is 4.37. The van der Waals surface area contributed by atoms with Crippen molar-refractivity contribution in [3.63, 3.8) is 0 Å². The Bertz CT molecular complexity index is 387. The van der Waals surface area contributed by atoms with Crippen molar-refractivity contribution >= 4 is 28.3 Å². The molecule has 0 radical (unpaired) electrons. The minimum absolute atomic E-state index is 0.164. The Morgan fingerprint density at radius 1 is 1.53 bits per heavy atom. The van der Waals surface area contributed by atoms with Crippen molar-refractivity contribution in [2.24, 2.45) is 0 Å². The lowest BCUT2D eigenvalue weighted by Gasteiger charge is -2.29. The molecule has 3 N–H and O–H groups in total. The Labute approximate surface area is 105 Å². The lowest BCUT2D eigenvalue weighted by atomic mass is 10.1. The van der Waals surface area contributed by atoms with E-state index in [9.17, 15) is 4.79 Å². The summed E-state index contributed by atoms with van der Waals surface area (Å²) in [5.41, 5.74) is 5.54. The second-order valence-corrected chi connectivity index (χ2v) is 5.17. The summed E-state index contributed by atoms with van der Waals surface area (Å²) in [4.78, 5) is 14.1. The van der Waals surface area contributed by atoms with Crippen LogP contribution in [0.4, 0.5) is 10.8 Å². The lowest BCUT2D eigenvalue weighted by Crippen LogP contribution is -2.43. The van der Waals surface area contributed by atoms with Crippen molar-refractivity contribution in [3.05, 3.63) is 6.07 Å². The Hall–Kier alpha value is -1.30. The summed E-state index contributed by atoms with van der Waals surface area (Å²) in [7, 11) is 0. The molecule has 1 atom stereocenters. The third kappa shape index (κ3) is 3.09. The third-order valence-corrected chi connectivity index (χ3v) is 3.66. The summed E-state index contributed by atoms with van der Waals surface area (Å²) in [5.74, 6) is 0.659. The zero-order valence-electron chi connectivity index (χ0n) is 9.98. The smallest absolute Gasteiger partial charge is 0.244 e. The number of nitrogens with two attached hydrogens (primary N) is 1. The molecule has 1 aromatic rings. The molecule has 5 nitrogen and oxygen atoms in total. The van der Waals surface area contributed by atoms with Crippen LogP contribution < -0.4 is 11.1 Å². The van der Waals surface area contributed by atoms with Crippen LogP contribution >= 0.6 is 11.5 Å². The highest BCUT2D eigenvalue weighted by molar-refractivity contribution is 7.10. The van der Waals surface area contributed by atoms with Crippen molar-refractivity contribution in [2.45, 2.75) is 32.2 Å². The summed E-state index contributed by atoms with van der Waals surface area (Å²) in [6, 6.07) is 1.54. The highest BCUT2D eigenvalue weighted by atomic mass is 32.1. The molecular formula is C11H18N4OS. The van der Waals surface area contributed by atoms with Crippen LogP contribution in [0.15, 0.2) is 6.07 Å². The molecule has 1 unspecified atom stereocenters. The van der Waals surface area contributed by atoms with Gasteiger partial charge in [-0.25, -0.2) is 0 Å². The van der Waals surface area contributed by atoms with Gasteiger partial charge in [0, 0.05) is 19.2 Å². The quantitative estimate of drug-likeness (QED) is 0.858. The van der Waals surface area contributed by atoms with Crippen LogP contribution in [0.3, 0.4) is 0 Å². The maximum absolute atomic E-state index is 12.1. The van der Waals surface area contributed by atoms with E-state index in [1.54, 1.807) is 6.07 Å². The van der Waals surface area contributed by atoms with Crippen molar-refractivity contribution in [1.29, 1.82) is 0 Å². The van der Waals surface area contributed by atoms with E-state index in [2.05, 4.69) is 9.69 Å². The fraction of sp³-hybridized carbons (Fsp3) is 0.636. The number of anilines is 2. The lowest BCUT2D eigenvalue weighted by molar-refractivity contribution is -0.132. The molecule has 1 saturated heterocycles. The molecule has 0 aromatic carbocycles. The maximum Gasteiger partial charge on any atom is 0.244 e. The summed E-state index contributed by atoms with van der Waals surface area (Å²) in [5, 5.41) is 3.99. The molecule has 1 fully saturated rings. The zero-order valence-corrected chi connectivity index (χ0v) is 10.8. The van der Waals surface area contributed by atoms with Crippen LogP contribution in [-0.2, 0) is 4.79 Å². The van der Waals surface area contributed by atoms with Gasteiger partial charge in [0.05, 0.1) is 0 Å². The van der Waals surface area contributed by atoms with Crippen LogP contribution in [-0.4, -0.2) is 34.3 Å². The van der Waals surface area contributed by atoms with Gasteiger partial charge >= 0.3 is 0 Å². The molecule has 1 aromatic heterocycles. The molecule has 6 heteroatoms. The van der Waals surface area contributed by atoms with Crippen molar-refractivity contribution in [2.75, 3.05) is 24.1 Å². The number of carbonyl (C=O) groups is 1. The van der Waals surface area contributed by atoms with E-state index in [1.807, 2.05) is 11.8 Å². The number of nitrogen functional groups attached to an aromatic ring is 1. The number of hydrogen-bond acceptors (Lipinski definition) is 5. The summed E-state index contributed by atoms with van der Waals surface area (Å²) in [6.07, 6.45) is 3.47. The summed E-state index contributed by atoms with van der Waals surface area (Å²) >= 11 is 1.29. The minimum atomic E-state index is -0.215. The first-order chi connectivity index (χ1) is 8.16.